The number of rotatable bonds is 3. The third-order valence-electron chi connectivity index (χ3n) is 4.51. The van der Waals surface area contributed by atoms with Crippen molar-refractivity contribution in [3.8, 4) is 0 Å². The van der Waals surface area contributed by atoms with Gasteiger partial charge in [-0.1, -0.05) is 26.1 Å². The fourth-order valence-electron chi connectivity index (χ4n) is 3.00. The van der Waals surface area contributed by atoms with Crippen LogP contribution in [0.3, 0.4) is 0 Å². The third-order valence-corrected chi connectivity index (χ3v) is 4.75. The van der Waals surface area contributed by atoms with Gasteiger partial charge in [0.15, 0.2) is 0 Å². The topological polar surface area (TPSA) is 29.3 Å². The van der Waals surface area contributed by atoms with Gasteiger partial charge < -0.3 is 10.6 Å². The van der Waals surface area contributed by atoms with Gasteiger partial charge in [-0.05, 0) is 43.2 Å². The number of nitrogens with zero attached hydrogens (tertiary/aromatic N) is 1. The summed E-state index contributed by atoms with van der Waals surface area (Å²) in [5, 5.41) is 0. The number of hydrogen-bond acceptors (Lipinski definition) is 2. The maximum atomic E-state index is 14.2. The van der Waals surface area contributed by atoms with Crippen LogP contribution in [0.5, 0.6) is 0 Å². The quantitative estimate of drug-likeness (QED) is 0.855. The molecular formula is C16H22F2N2S. The van der Waals surface area contributed by atoms with Crippen LogP contribution in [0.2, 0.25) is 0 Å². The molecule has 0 amide bonds. The minimum Gasteiger partial charge on any atom is -0.389 e. The Bertz CT molecular complexity index is 524. The fourth-order valence-corrected chi connectivity index (χ4v) is 3.12. The zero-order valence-electron chi connectivity index (χ0n) is 12.7. The van der Waals surface area contributed by atoms with Crippen LogP contribution in [0.25, 0.3) is 0 Å². The Morgan fingerprint density at radius 1 is 1.24 bits per heavy atom. The molecule has 1 fully saturated rings. The molecule has 0 bridgehead atoms. The monoisotopic (exact) mass is 312 g/mol. The average Bonchev–Trinajstić information content (AvgIpc) is 2.37. The molecule has 0 unspecified atom stereocenters. The van der Waals surface area contributed by atoms with Gasteiger partial charge in [-0.2, -0.15) is 0 Å². The molecule has 0 radical (unpaired) electrons. The molecule has 1 saturated carbocycles. The number of anilines is 1. The van der Waals surface area contributed by atoms with Crippen LogP contribution in [0.1, 0.15) is 45.1 Å². The van der Waals surface area contributed by atoms with Crippen molar-refractivity contribution in [1.29, 1.82) is 0 Å². The first-order chi connectivity index (χ1) is 9.71. The first kappa shape index (κ1) is 16.1. The molecule has 0 atom stereocenters. The van der Waals surface area contributed by atoms with E-state index in [4.69, 9.17) is 18.0 Å². The summed E-state index contributed by atoms with van der Waals surface area (Å²) in [5.41, 5.74) is 6.00. The van der Waals surface area contributed by atoms with Gasteiger partial charge in [-0.15, -0.1) is 0 Å². The van der Waals surface area contributed by atoms with Crippen LogP contribution in [-0.2, 0) is 0 Å². The Hall–Kier alpha value is -1.23. The highest BCUT2D eigenvalue weighted by molar-refractivity contribution is 7.80. The Labute approximate surface area is 130 Å². The lowest BCUT2D eigenvalue weighted by Crippen LogP contribution is -2.38. The zero-order chi connectivity index (χ0) is 15.8. The molecule has 2 rings (SSSR count). The largest absolute Gasteiger partial charge is 0.389 e. The molecule has 0 aromatic heterocycles. The van der Waals surface area contributed by atoms with Gasteiger partial charge in [0.1, 0.15) is 22.3 Å². The summed E-state index contributed by atoms with van der Waals surface area (Å²) < 4.78 is 28.5. The Morgan fingerprint density at radius 3 is 2.14 bits per heavy atom. The number of halogens is 2. The van der Waals surface area contributed by atoms with Gasteiger partial charge in [-0.3, -0.25) is 0 Å². The second kappa shape index (κ2) is 5.87. The van der Waals surface area contributed by atoms with Crippen molar-refractivity contribution in [3.63, 3.8) is 0 Å². The van der Waals surface area contributed by atoms with Gasteiger partial charge in [0.2, 0.25) is 0 Å². The van der Waals surface area contributed by atoms with Crippen molar-refractivity contribution in [3.05, 3.63) is 29.3 Å². The van der Waals surface area contributed by atoms with Crippen molar-refractivity contribution < 1.29 is 8.78 Å². The van der Waals surface area contributed by atoms with E-state index < -0.39 is 11.6 Å². The molecule has 1 aliphatic rings. The van der Waals surface area contributed by atoms with Gasteiger partial charge in [0.05, 0.1) is 0 Å². The first-order valence-corrected chi connectivity index (χ1v) is 7.64. The molecule has 5 heteroatoms. The summed E-state index contributed by atoms with van der Waals surface area (Å²) in [6.45, 7) is 4.47. The highest BCUT2D eigenvalue weighted by atomic mass is 32.1. The van der Waals surface area contributed by atoms with Gasteiger partial charge >= 0.3 is 0 Å². The van der Waals surface area contributed by atoms with Gasteiger partial charge in [0, 0.05) is 18.7 Å². The molecule has 0 spiro atoms. The van der Waals surface area contributed by atoms with Crippen LogP contribution in [0, 0.1) is 17.0 Å². The van der Waals surface area contributed by atoms with E-state index in [1.165, 1.54) is 12.1 Å². The van der Waals surface area contributed by atoms with E-state index in [-0.39, 0.29) is 22.3 Å². The predicted octanol–water partition coefficient (Wildman–Crippen LogP) is 4.00. The second-order valence-electron chi connectivity index (χ2n) is 6.66. The maximum absolute atomic E-state index is 14.2. The molecule has 0 heterocycles. The van der Waals surface area contributed by atoms with Crippen molar-refractivity contribution in [2.75, 3.05) is 11.9 Å². The average molecular weight is 312 g/mol. The molecular weight excluding hydrogens is 290 g/mol. The molecule has 0 saturated heterocycles. The lowest BCUT2D eigenvalue weighted by Gasteiger charge is -2.39. The van der Waals surface area contributed by atoms with E-state index >= 15 is 0 Å². The Balaban J connectivity index is 2.24. The van der Waals surface area contributed by atoms with E-state index in [2.05, 4.69) is 13.8 Å². The summed E-state index contributed by atoms with van der Waals surface area (Å²) in [4.78, 5) is 1.73. The molecule has 2 nitrogen and oxygen atoms in total. The SMILES string of the molecule is CN(c1c(F)cc(C(N)=S)cc1F)C1CCC(C)(C)CC1. The van der Waals surface area contributed by atoms with Gasteiger partial charge in [-0.25, -0.2) is 8.78 Å². The van der Waals surface area contributed by atoms with Crippen molar-refractivity contribution in [1.82, 2.24) is 0 Å². The lowest BCUT2D eigenvalue weighted by atomic mass is 9.75. The highest BCUT2D eigenvalue weighted by Gasteiger charge is 2.30. The molecule has 2 N–H and O–H groups in total. The van der Waals surface area contributed by atoms with Crippen molar-refractivity contribution >= 4 is 22.9 Å². The molecule has 1 aliphatic carbocycles. The molecule has 0 aliphatic heterocycles. The summed E-state index contributed by atoms with van der Waals surface area (Å²) in [5.74, 6) is -1.21. The molecule has 116 valence electrons. The first-order valence-electron chi connectivity index (χ1n) is 7.23. The molecule has 21 heavy (non-hydrogen) atoms. The van der Waals surface area contributed by atoms with Crippen LogP contribution in [-0.4, -0.2) is 18.1 Å². The van der Waals surface area contributed by atoms with Crippen molar-refractivity contribution in [2.45, 2.75) is 45.6 Å². The normalized spacial score (nSPS) is 18.5. The summed E-state index contributed by atoms with van der Waals surface area (Å²) in [7, 11) is 1.75. The van der Waals surface area contributed by atoms with Crippen LogP contribution in [0.4, 0.5) is 14.5 Å². The van der Waals surface area contributed by atoms with Crippen LogP contribution < -0.4 is 10.6 Å². The van der Waals surface area contributed by atoms with E-state index in [0.717, 1.165) is 25.7 Å². The van der Waals surface area contributed by atoms with Crippen LogP contribution in [0.15, 0.2) is 12.1 Å². The highest BCUT2D eigenvalue weighted by Crippen LogP contribution is 2.38. The third kappa shape index (κ3) is 3.51. The molecule has 1 aromatic carbocycles. The molecule has 1 aromatic rings. The second-order valence-corrected chi connectivity index (χ2v) is 7.10. The number of nitrogens with two attached hydrogens (primary N) is 1. The summed E-state index contributed by atoms with van der Waals surface area (Å²) >= 11 is 4.77. The van der Waals surface area contributed by atoms with Crippen molar-refractivity contribution in [2.24, 2.45) is 11.1 Å². The fraction of sp³-hybridized carbons (Fsp3) is 0.562. The number of benzene rings is 1. The minimum absolute atomic E-state index is 0.00131. The standard InChI is InChI=1S/C16H22F2N2S/c1-16(2)6-4-11(5-7-16)20(3)14-12(17)8-10(15(19)21)9-13(14)18/h8-9,11H,4-7H2,1-3H3,(H2,19,21). The predicted molar refractivity (Wildman–Crippen MR) is 86.7 cm³/mol. The lowest BCUT2D eigenvalue weighted by molar-refractivity contribution is 0.222. The van der Waals surface area contributed by atoms with Gasteiger partial charge in [0.25, 0.3) is 0 Å². The maximum Gasteiger partial charge on any atom is 0.150 e. The number of thiocarbonyl (C=S) groups is 1. The van der Waals surface area contributed by atoms with E-state index in [1.807, 2.05) is 0 Å². The van der Waals surface area contributed by atoms with E-state index in [1.54, 1.807) is 11.9 Å². The zero-order valence-corrected chi connectivity index (χ0v) is 13.6. The smallest absolute Gasteiger partial charge is 0.150 e. The summed E-state index contributed by atoms with van der Waals surface area (Å²) in [6, 6.07) is 2.59. The Kier molecular flexibility index (Phi) is 4.51. The minimum atomic E-state index is -0.606. The Morgan fingerprint density at radius 2 is 1.71 bits per heavy atom. The summed E-state index contributed by atoms with van der Waals surface area (Å²) in [6.07, 6.45) is 4.02. The van der Waals surface area contributed by atoms with Crippen LogP contribution >= 0.6 is 12.2 Å². The van der Waals surface area contributed by atoms with E-state index in [9.17, 15) is 8.78 Å². The van der Waals surface area contributed by atoms with E-state index in [0.29, 0.717) is 5.41 Å². The number of hydrogen-bond donors (Lipinski definition) is 1.